The molecule has 1 aromatic heterocycles. The highest BCUT2D eigenvalue weighted by Gasteiger charge is 2.15. The van der Waals surface area contributed by atoms with E-state index < -0.39 is 0 Å². The van der Waals surface area contributed by atoms with Gasteiger partial charge in [-0.25, -0.2) is 9.97 Å². The molecule has 0 atom stereocenters. The lowest BCUT2D eigenvalue weighted by Gasteiger charge is -2.18. The smallest absolute Gasteiger partial charge is 0.133 e. The van der Waals surface area contributed by atoms with Crippen LogP contribution in [0.2, 0.25) is 0 Å². The van der Waals surface area contributed by atoms with Crippen LogP contribution in [0.15, 0.2) is 35.1 Å². The second-order valence-electron chi connectivity index (χ2n) is 4.80. The average Bonchev–Trinajstić information content (AvgIpc) is 2.46. The SMILES string of the molecule is Brc1ccccc1CNc1ncnc2c1CCCC2. The summed E-state index contributed by atoms with van der Waals surface area (Å²) in [5.74, 6) is 1.00. The van der Waals surface area contributed by atoms with Crippen LogP contribution in [-0.4, -0.2) is 9.97 Å². The van der Waals surface area contributed by atoms with Crippen molar-refractivity contribution in [1.82, 2.24) is 9.97 Å². The van der Waals surface area contributed by atoms with E-state index in [1.807, 2.05) is 6.07 Å². The third-order valence-electron chi connectivity index (χ3n) is 3.53. The van der Waals surface area contributed by atoms with Gasteiger partial charge in [-0.1, -0.05) is 34.1 Å². The van der Waals surface area contributed by atoms with Crippen molar-refractivity contribution in [3.8, 4) is 0 Å². The van der Waals surface area contributed by atoms with Gasteiger partial charge in [-0.05, 0) is 37.3 Å². The summed E-state index contributed by atoms with van der Waals surface area (Å²) in [5, 5.41) is 3.45. The van der Waals surface area contributed by atoms with E-state index >= 15 is 0 Å². The van der Waals surface area contributed by atoms with E-state index in [0.717, 1.165) is 29.7 Å². The number of aryl methyl sites for hydroxylation is 1. The first-order chi connectivity index (χ1) is 9.34. The van der Waals surface area contributed by atoms with Crippen molar-refractivity contribution in [3.05, 3.63) is 51.9 Å². The van der Waals surface area contributed by atoms with E-state index in [1.54, 1.807) is 6.33 Å². The zero-order valence-electron chi connectivity index (χ0n) is 10.7. The molecular weight excluding hydrogens is 302 g/mol. The summed E-state index contributed by atoms with van der Waals surface area (Å²) in [7, 11) is 0. The summed E-state index contributed by atoms with van der Waals surface area (Å²) in [4.78, 5) is 8.79. The molecule has 98 valence electrons. The Morgan fingerprint density at radius 3 is 2.84 bits per heavy atom. The van der Waals surface area contributed by atoms with Crippen LogP contribution in [0, 0.1) is 0 Å². The van der Waals surface area contributed by atoms with Gasteiger partial charge in [-0.3, -0.25) is 0 Å². The zero-order chi connectivity index (χ0) is 13.1. The first-order valence-electron chi connectivity index (χ1n) is 6.64. The van der Waals surface area contributed by atoms with E-state index in [2.05, 4.69) is 49.4 Å². The van der Waals surface area contributed by atoms with Crippen molar-refractivity contribution in [2.45, 2.75) is 32.2 Å². The monoisotopic (exact) mass is 317 g/mol. The number of rotatable bonds is 3. The van der Waals surface area contributed by atoms with Crippen LogP contribution >= 0.6 is 15.9 Å². The number of nitrogens with one attached hydrogen (secondary N) is 1. The second kappa shape index (κ2) is 5.70. The van der Waals surface area contributed by atoms with E-state index in [4.69, 9.17) is 0 Å². The number of hydrogen-bond acceptors (Lipinski definition) is 3. The number of halogens is 1. The Balaban J connectivity index is 1.79. The van der Waals surface area contributed by atoms with Gasteiger partial charge in [0, 0.05) is 22.3 Å². The molecule has 3 rings (SSSR count). The van der Waals surface area contributed by atoms with Crippen LogP contribution < -0.4 is 5.32 Å². The summed E-state index contributed by atoms with van der Waals surface area (Å²) in [6.45, 7) is 0.783. The Labute approximate surface area is 121 Å². The molecule has 0 saturated heterocycles. The fraction of sp³-hybridized carbons (Fsp3) is 0.333. The molecule has 19 heavy (non-hydrogen) atoms. The van der Waals surface area contributed by atoms with Crippen molar-refractivity contribution in [3.63, 3.8) is 0 Å². The van der Waals surface area contributed by atoms with Crippen LogP contribution in [0.1, 0.15) is 29.7 Å². The molecule has 0 unspecified atom stereocenters. The number of aromatic nitrogens is 2. The topological polar surface area (TPSA) is 37.8 Å². The van der Waals surface area contributed by atoms with Crippen LogP contribution in [0.25, 0.3) is 0 Å². The van der Waals surface area contributed by atoms with Crippen molar-refractivity contribution in [2.24, 2.45) is 0 Å². The highest BCUT2D eigenvalue weighted by Crippen LogP contribution is 2.25. The highest BCUT2D eigenvalue weighted by atomic mass is 79.9. The lowest BCUT2D eigenvalue weighted by Crippen LogP contribution is -2.12. The quantitative estimate of drug-likeness (QED) is 0.937. The van der Waals surface area contributed by atoms with Gasteiger partial charge < -0.3 is 5.32 Å². The summed E-state index contributed by atoms with van der Waals surface area (Å²) >= 11 is 3.57. The van der Waals surface area contributed by atoms with Gasteiger partial charge >= 0.3 is 0 Å². The molecular formula is C15H16BrN3. The van der Waals surface area contributed by atoms with Crippen LogP contribution in [0.5, 0.6) is 0 Å². The molecule has 1 N–H and O–H groups in total. The number of hydrogen-bond donors (Lipinski definition) is 1. The third kappa shape index (κ3) is 2.78. The largest absolute Gasteiger partial charge is 0.366 e. The maximum Gasteiger partial charge on any atom is 0.133 e. The molecule has 1 aliphatic rings. The summed E-state index contributed by atoms with van der Waals surface area (Å²) in [6, 6.07) is 8.26. The molecule has 3 nitrogen and oxygen atoms in total. The van der Waals surface area contributed by atoms with E-state index in [0.29, 0.717) is 0 Å². The average molecular weight is 318 g/mol. The maximum atomic E-state index is 4.40. The third-order valence-corrected chi connectivity index (χ3v) is 4.30. The number of anilines is 1. The summed E-state index contributed by atoms with van der Waals surface area (Å²) < 4.78 is 1.13. The first kappa shape index (κ1) is 12.6. The van der Waals surface area contributed by atoms with Crippen molar-refractivity contribution in [1.29, 1.82) is 0 Å². The van der Waals surface area contributed by atoms with Crippen LogP contribution in [0.4, 0.5) is 5.82 Å². The Bertz CT molecular complexity index is 583. The molecule has 4 heteroatoms. The van der Waals surface area contributed by atoms with Gasteiger partial charge in [0.25, 0.3) is 0 Å². The number of nitrogens with zero attached hydrogens (tertiary/aromatic N) is 2. The molecule has 1 aliphatic carbocycles. The van der Waals surface area contributed by atoms with Crippen LogP contribution in [-0.2, 0) is 19.4 Å². The Morgan fingerprint density at radius 2 is 1.95 bits per heavy atom. The standard InChI is InChI=1S/C15H16BrN3/c16-13-7-3-1-5-11(13)9-17-15-12-6-2-4-8-14(12)18-10-19-15/h1,3,5,7,10H,2,4,6,8-9H2,(H,17,18,19). The molecule has 0 radical (unpaired) electrons. The fourth-order valence-corrected chi connectivity index (χ4v) is 2.92. The zero-order valence-corrected chi connectivity index (χ0v) is 12.3. The molecule has 1 aromatic carbocycles. The molecule has 1 heterocycles. The number of benzene rings is 1. The normalized spacial score (nSPS) is 13.9. The Morgan fingerprint density at radius 1 is 1.11 bits per heavy atom. The lowest BCUT2D eigenvalue weighted by molar-refractivity contribution is 0.663. The molecule has 0 saturated carbocycles. The molecule has 0 aliphatic heterocycles. The first-order valence-corrected chi connectivity index (χ1v) is 7.44. The predicted octanol–water partition coefficient (Wildman–Crippen LogP) is 3.73. The lowest BCUT2D eigenvalue weighted by atomic mass is 9.96. The maximum absolute atomic E-state index is 4.40. The van der Waals surface area contributed by atoms with E-state index in [-0.39, 0.29) is 0 Å². The van der Waals surface area contributed by atoms with Crippen molar-refractivity contribution in [2.75, 3.05) is 5.32 Å². The van der Waals surface area contributed by atoms with E-state index in [9.17, 15) is 0 Å². The molecule has 0 bridgehead atoms. The van der Waals surface area contributed by atoms with E-state index in [1.165, 1.54) is 29.7 Å². The summed E-state index contributed by atoms with van der Waals surface area (Å²) in [5.41, 5.74) is 3.77. The Hall–Kier alpha value is -1.42. The van der Waals surface area contributed by atoms with Gasteiger partial charge in [0.1, 0.15) is 12.1 Å². The highest BCUT2D eigenvalue weighted by molar-refractivity contribution is 9.10. The molecule has 2 aromatic rings. The van der Waals surface area contributed by atoms with Crippen LogP contribution in [0.3, 0.4) is 0 Å². The minimum Gasteiger partial charge on any atom is -0.366 e. The van der Waals surface area contributed by atoms with Gasteiger partial charge in [0.05, 0.1) is 0 Å². The fourth-order valence-electron chi connectivity index (χ4n) is 2.49. The van der Waals surface area contributed by atoms with Gasteiger partial charge in [-0.2, -0.15) is 0 Å². The van der Waals surface area contributed by atoms with Gasteiger partial charge in [-0.15, -0.1) is 0 Å². The van der Waals surface area contributed by atoms with Gasteiger partial charge in [0.15, 0.2) is 0 Å². The molecule has 0 spiro atoms. The summed E-state index contributed by atoms with van der Waals surface area (Å²) in [6.07, 6.45) is 6.33. The Kier molecular flexibility index (Phi) is 3.78. The van der Waals surface area contributed by atoms with Gasteiger partial charge in [0.2, 0.25) is 0 Å². The molecule has 0 amide bonds. The van der Waals surface area contributed by atoms with Crippen molar-refractivity contribution >= 4 is 21.7 Å². The minimum absolute atomic E-state index is 0.783. The minimum atomic E-state index is 0.783. The molecule has 0 fully saturated rings. The second-order valence-corrected chi connectivity index (χ2v) is 5.65. The predicted molar refractivity (Wildman–Crippen MR) is 80.1 cm³/mol. The number of fused-ring (bicyclic) bond motifs is 1. The van der Waals surface area contributed by atoms with Crippen molar-refractivity contribution < 1.29 is 0 Å².